The first-order valence-electron chi connectivity index (χ1n) is 4.07. The van der Waals surface area contributed by atoms with Crippen molar-refractivity contribution in [1.82, 2.24) is 4.90 Å². The molecule has 0 rings (SSSR count). The van der Waals surface area contributed by atoms with Crippen molar-refractivity contribution in [3.63, 3.8) is 0 Å². The van der Waals surface area contributed by atoms with Crippen molar-refractivity contribution in [2.24, 2.45) is 0 Å². The summed E-state index contributed by atoms with van der Waals surface area (Å²) in [4.78, 5) is 1.34. The lowest BCUT2D eigenvalue weighted by atomic mass is 10.3. The molecule has 1 unspecified atom stereocenters. The van der Waals surface area contributed by atoms with Crippen LogP contribution in [0.15, 0.2) is 0 Å². The number of aliphatic hydroxyl groups is 2. The average molecular weight is 243 g/mol. The number of rotatable bonds is 7. The number of aliphatic hydroxyl groups excluding tert-OH is 2. The Morgan fingerprint density at radius 3 is 2.29 bits per heavy atom. The van der Waals surface area contributed by atoms with Crippen LogP contribution in [-0.2, 0) is 9.84 Å². The molecule has 0 amide bonds. The van der Waals surface area contributed by atoms with Crippen molar-refractivity contribution in [2.45, 2.75) is 6.04 Å². The molecule has 0 aliphatic carbocycles. The number of nitrogens with zero attached hydrogens (tertiary/aromatic N) is 1. The van der Waals surface area contributed by atoms with E-state index < -0.39 is 9.84 Å². The fraction of sp³-hybridized carbons (Fsp3) is 1.00. The maximum Gasteiger partial charge on any atom is 0.160 e. The Bertz CT molecular complexity index is 242. The molecule has 14 heavy (non-hydrogen) atoms. The Hall–Kier alpha value is 0.180. The Morgan fingerprint density at radius 1 is 1.43 bits per heavy atom. The van der Waals surface area contributed by atoms with Crippen LogP contribution in [0.1, 0.15) is 0 Å². The summed E-state index contributed by atoms with van der Waals surface area (Å²) in [6.45, 7) is -0.518. The molecule has 5 nitrogen and oxygen atoms in total. The van der Waals surface area contributed by atoms with E-state index in [1.165, 1.54) is 16.7 Å². The standard InChI is InChI=1S/C7H17NO4S2/c1-13-4-7(3-9)8(5-10)6-14(2,11)12/h7,9-10H,3-6H2,1-2H3. The maximum absolute atomic E-state index is 11.0. The summed E-state index contributed by atoms with van der Waals surface area (Å²) in [6, 6.07) is -0.315. The zero-order valence-electron chi connectivity index (χ0n) is 8.38. The second-order valence-electron chi connectivity index (χ2n) is 3.08. The van der Waals surface area contributed by atoms with E-state index in [0.29, 0.717) is 5.75 Å². The lowest BCUT2D eigenvalue weighted by Gasteiger charge is -2.26. The maximum atomic E-state index is 11.0. The third kappa shape index (κ3) is 5.82. The Balaban J connectivity index is 4.36. The lowest BCUT2D eigenvalue weighted by molar-refractivity contribution is 0.0651. The van der Waals surface area contributed by atoms with Crippen molar-refractivity contribution in [3.05, 3.63) is 0 Å². The van der Waals surface area contributed by atoms with Gasteiger partial charge in [-0.15, -0.1) is 0 Å². The van der Waals surface area contributed by atoms with Crippen LogP contribution in [0.3, 0.4) is 0 Å². The summed E-state index contributed by atoms with van der Waals surface area (Å²) < 4.78 is 22.0. The number of hydrogen-bond donors (Lipinski definition) is 2. The van der Waals surface area contributed by atoms with Gasteiger partial charge >= 0.3 is 0 Å². The van der Waals surface area contributed by atoms with Gasteiger partial charge in [-0.25, -0.2) is 8.42 Å². The predicted molar refractivity (Wildman–Crippen MR) is 57.9 cm³/mol. The lowest BCUT2D eigenvalue weighted by Crippen LogP contribution is -2.43. The van der Waals surface area contributed by atoms with Crippen LogP contribution >= 0.6 is 11.8 Å². The summed E-state index contributed by atoms with van der Waals surface area (Å²) in [7, 11) is -3.16. The molecular formula is C7H17NO4S2. The predicted octanol–water partition coefficient (Wildman–Crippen LogP) is -1.04. The molecule has 0 aliphatic rings. The van der Waals surface area contributed by atoms with Gasteiger partial charge in [0, 0.05) is 18.1 Å². The van der Waals surface area contributed by atoms with Gasteiger partial charge in [0.1, 0.15) is 5.88 Å². The molecule has 7 heteroatoms. The van der Waals surface area contributed by atoms with E-state index >= 15 is 0 Å². The van der Waals surface area contributed by atoms with E-state index in [4.69, 9.17) is 10.2 Å². The van der Waals surface area contributed by atoms with Gasteiger partial charge in [-0.2, -0.15) is 11.8 Å². The molecule has 0 aromatic heterocycles. The minimum absolute atomic E-state index is 0.156. The van der Waals surface area contributed by atoms with E-state index in [-0.39, 0.29) is 25.3 Å². The van der Waals surface area contributed by atoms with Gasteiger partial charge in [0.2, 0.25) is 0 Å². The van der Waals surface area contributed by atoms with E-state index in [2.05, 4.69) is 0 Å². The Labute approximate surface area is 89.0 Å². The minimum Gasteiger partial charge on any atom is -0.395 e. The summed E-state index contributed by atoms with van der Waals surface area (Å²) in [5, 5.41) is 18.0. The van der Waals surface area contributed by atoms with Gasteiger partial charge in [0.15, 0.2) is 9.84 Å². The molecule has 0 bridgehead atoms. The summed E-state index contributed by atoms with van der Waals surface area (Å²) >= 11 is 1.50. The second-order valence-corrected chi connectivity index (χ2v) is 6.10. The van der Waals surface area contributed by atoms with E-state index in [1.807, 2.05) is 6.26 Å². The molecule has 0 saturated carbocycles. The van der Waals surface area contributed by atoms with Crippen molar-refractivity contribution < 1.29 is 18.6 Å². The molecule has 0 spiro atoms. The molecule has 0 heterocycles. The summed E-state index contributed by atoms with van der Waals surface area (Å²) in [6.07, 6.45) is 2.96. The molecular weight excluding hydrogens is 226 g/mol. The molecule has 0 fully saturated rings. The second kappa shape index (κ2) is 6.62. The van der Waals surface area contributed by atoms with E-state index in [0.717, 1.165) is 6.26 Å². The van der Waals surface area contributed by atoms with Crippen molar-refractivity contribution in [1.29, 1.82) is 0 Å². The molecule has 1 atom stereocenters. The van der Waals surface area contributed by atoms with Gasteiger partial charge in [-0.05, 0) is 6.26 Å². The van der Waals surface area contributed by atoms with Crippen LogP contribution in [0.4, 0.5) is 0 Å². The first-order valence-corrected chi connectivity index (χ1v) is 7.52. The van der Waals surface area contributed by atoms with Crippen LogP contribution in [0.5, 0.6) is 0 Å². The van der Waals surface area contributed by atoms with Gasteiger partial charge in [-0.3, -0.25) is 4.90 Å². The molecule has 86 valence electrons. The largest absolute Gasteiger partial charge is 0.395 e. The monoisotopic (exact) mass is 243 g/mol. The van der Waals surface area contributed by atoms with Crippen molar-refractivity contribution >= 4 is 21.6 Å². The van der Waals surface area contributed by atoms with Crippen LogP contribution in [-0.4, -0.2) is 67.1 Å². The topological polar surface area (TPSA) is 77.8 Å². The highest BCUT2D eigenvalue weighted by molar-refractivity contribution is 7.98. The molecule has 0 aromatic carbocycles. The van der Waals surface area contributed by atoms with Gasteiger partial charge in [-0.1, -0.05) is 0 Å². The molecule has 0 aromatic rings. The molecule has 0 saturated heterocycles. The molecule has 0 radical (unpaired) electrons. The fourth-order valence-corrected chi connectivity index (χ4v) is 2.62. The highest BCUT2D eigenvalue weighted by Gasteiger charge is 2.20. The van der Waals surface area contributed by atoms with Crippen molar-refractivity contribution in [2.75, 3.05) is 37.5 Å². The third-order valence-electron chi connectivity index (χ3n) is 1.67. The highest BCUT2D eigenvalue weighted by Crippen LogP contribution is 2.06. The highest BCUT2D eigenvalue weighted by atomic mass is 32.2. The van der Waals surface area contributed by atoms with E-state index in [9.17, 15) is 8.42 Å². The van der Waals surface area contributed by atoms with Gasteiger partial charge in [0.05, 0.1) is 13.3 Å². The Morgan fingerprint density at radius 2 is 2.00 bits per heavy atom. The zero-order chi connectivity index (χ0) is 11.2. The van der Waals surface area contributed by atoms with Crippen LogP contribution < -0.4 is 0 Å². The molecule has 0 aliphatic heterocycles. The quantitative estimate of drug-likeness (QED) is 0.556. The first kappa shape index (κ1) is 14.2. The number of thioether (sulfide) groups is 1. The number of hydrogen-bond acceptors (Lipinski definition) is 6. The molecule has 2 N–H and O–H groups in total. The third-order valence-corrected chi connectivity index (χ3v) is 3.19. The van der Waals surface area contributed by atoms with Gasteiger partial charge in [0.25, 0.3) is 0 Å². The van der Waals surface area contributed by atoms with Crippen LogP contribution in [0.25, 0.3) is 0 Å². The van der Waals surface area contributed by atoms with Gasteiger partial charge < -0.3 is 10.2 Å². The SMILES string of the molecule is CSCC(CO)N(CO)CS(C)(=O)=O. The zero-order valence-corrected chi connectivity index (χ0v) is 10.0. The van der Waals surface area contributed by atoms with E-state index in [1.54, 1.807) is 0 Å². The fourth-order valence-electron chi connectivity index (χ4n) is 1.03. The minimum atomic E-state index is -3.16. The summed E-state index contributed by atoms with van der Waals surface area (Å²) in [5.74, 6) is 0.363. The average Bonchev–Trinajstić information content (AvgIpc) is 2.09. The smallest absolute Gasteiger partial charge is 0.160 e. The van der Waals surface area contributed by atoms with Crippen LogP contribution in [0.2, 0.25) is 0 Å². The van der Waals surface area contributed by atoms with Crippen molar-refractivity contribution in [3.8, 4) is 0 Å². The summed E-state index contributed by atoms with van der Waals surface area (Å²) in [5.41, 5.74) is 0. The van der Waals surface area contributed by atoms with Crippen LogP contribution in [0, 0.1) is 0 Å². The first-order chi connectivity index (χ1) is 6.44. The number of sulfone groups is 1. The normalized spacial score (nSPS) is 14.6. The Kier molecular flexibility index (Phi) is 6.71.